The molecule has 1 N–H and O–H groups in total. The number of carbonyl (C=O) groups is 1. The highest BCUT2D eigenvalue weighted by molar-refractivity contribution is 9.07. The number of benzene rings is 1. The van der Waals surface area contributed by atoms with Crippen LogP contribution in [0.4, 0.5) is 22.0 Å². The summed E-state index contributed by atoms with van der Waals surface area (Å²) in [7, 11) is 0. The van der Waals surface area contributed by atoms with E-state index in [0.29, 0.717) is 12.5 Å². The number of aromatic nitrogens is 2. The monoisotopic (exact) mass is 692 g/mol. The summed E-state index contributed by atoms with van der Waals surface area (Å²) in [5.41, 5.74) is -1.77. The molecule has 8 nitrogen and oxygen atoms in total. The Bertz CT molecular complexity index is 1240. The quantitative estimate of drug-likeness (QED) is 0.241. The van der Waals surface area contributed by atoms with Gasteiger partial charge >= 0.3 is 24.4 Å². The van der Waals surface area contributed by atoms with Crippen molar-refractivity contribution in [2.45, 2.75) is 72.3 Å². The Kier molecular flexibility index (Phi) is 12.7. The van der Waals surface area contributed by atoms with Crippen LogP contribution in [0.2, 0.25) is 5.02 Å². The minimum Gasteiger partial charge on any atom is -0.434 e. The number of alkyl halides is 5. The lowest BCUT2D eigenvalue weighted by Crippen LogP contribution is -2.44. The van der Waals surface area contributed by atoms with Gasteiger partial charge in [0.05, 0.1) is 16.1 Å². The molecule has 0 radical (unpaired) electrons. The number of hydrogen-bond acceptors (Lipinski definition) is 6. The van der Waals surface area contributed by atoms with E-state index < -0.39 is 42.1 Å². The highest BCUT2D eigenvalue weighted by Crippen LogP contribution is 2.43. The van der Waals surface area contributed by atoms with E-state index in [-0.39, 0.29) is 45.9 Å². The molecule has 0 aliphatic carbocycles. The largest absolute Gasteiger partial charge is 0.434 e. The van der Waals surface area contributed by atoms with E-state index in [2.05, 4.69) is 38.2 Å². The van der Waals surface area contributed by atoms with Crippen LogP contribution in [0.1, 0.15) is 56.6 Å². The molecule has 1 aliphatic rings. The van der Waals surface area contributed by atoms with Crippen LogP contribution in [0.15, 0.2) is 18.2 Å². The number of carbonyl (C=O) groups excluding carboxylic acids is 1. The molecule has 1 amide bonds. The molecule has 41 heavy (non-hydrogen) atoms. The number of halogens is 7. The molecule has 2 heterocycles. The molecule has 230 valence electrons. The zero-order valence-corrected chi connectivity index (χ0v) is 25.9. The molecule has 0 bridgehead atoms. The standard InChI is InChI=1S/C25H31BrClF5N4O2.O2S/c1-5-36-21(19(27)20(34-36)22(37)33-12-16-8-6-14(2)13-35(16)26)17-9-7-15(10-18(17)38-23(28)29)11-24(3,4)25(30,31)32;1-3-2/h7,9-10,14,16,23H,5-6,8,11-13H2,1-4H3,(H,33,37);/t14-,16+;/m0./s1. The van der Waals surface area contributed by atoms with Gasteiger partial charge in [-0.3, -0.25) is 9.48 Å². The highest BCUT2D eigenvalue weighted by Gasteiger charge is 2.47. The third-order valence-electron chi connectivity index (χ3n) is 6.71. The Morgan fingerprint density at radius 3 is 2.44 bits per heavy atom. The Morgan fingerprint density at radius 1 is 1.27 bits per heavy atom. The van der Waals surface area contributed by atoms with Gasteiger partial charge in [0.2, 0.25) is 0 Å². The summed E-state index contributed by atoms with van der Waals surface area (Å²) in [5.74, 6) is -0.345. The number of piperidine rings is 1. The van der Waals surface area contributed by atoms with Crippen molar-refractivity contribution in [3.63, 3.8) is 0 Å². The fourth-order valence-electron chi connectivity index (χ4n) is 4.40. The maximum Gasteiger partial charge on any atom is 0.394 e. The minimum absolute atomic E-state index is 0.0696. The van der Waals surface area contributed by atoms with Crippen molar-refractivity contribution in [3.8, 4) is 17.0 Å². The molecule has 0 unspecified atom stereocenters. The van der Waals surface area contributed by atoms with Crippen molar-refractivity contribution in [1.29, 1.82) is 0 Å². The fraction of sp³-hybridized carbons (Fsp3) is 0.600. The van der Waals surface area contributed by atoms with Gasteiger partial charge in [-0.05, 0) is 49.8 Å². The van der Waals surface area contributed by atoms with Crippen LogP contribution in [-0.4, -0.2) is 60.0 Å². The third kappa shape index (κ3) is 9.19. The summed E-state index contributed by atoms with van der Waals surface area (Å²) in [6, 6.07) is 3.99. The Balaban J connectivity index is 0.00000187. The molecule has 1 aliphatic heterocycles. The van der Waals surface area contributed by atoms with Gasteiger partial charge < -0.3 is 10.1 Å². The van der Waals surface area contributed by atoms with E-state index in [1.54, 1.807) is 6.92 Å². The van der Waals surface area contributed by atoms with E-state index in [0.717, 1.165) is 39.3 Å². The molecular weight excluding hydrogens is 663 g/mol. The number of nitrogens with one attached hydrogen (secondary N) is 1. The van der Waals surface area contributed by atoms with Gasteiger partial charge in [-0.25, -0.2) is 3.93 Å². The topological polar surface area (TPSA) is 93.5 Å². The number of hydrogen-bond donors (Lipinski definition) is 1. The van der Waals surface area contributed by atoms with Crippen molar-refractivity contribution < 1.29 is 39.9 Å². The van der Waals surface area contributed by atoms with Gasteiger partial charge in [0.25, 0.3) is 5.91 Å². The van der Waals surface area contributed by atoms with E-state index in [4.69, 9.17) is 20.0 Å². The molecule has 1 saturated heterocycles. The average Bonchev–Trinajstić information content (AvgIpc) is 3.19. The predicted molar refractivity (Wildman–Crippen MR) is 148 cm³/mol. The zero-order valence-electron chi connectivity index (χ0n) is 22.7. The first-order chi connectivity index (χ1) is 19.1. The fourth-order valence-corrected chi connectivity index (χ4v) is 5.56. The lowest BCUT2D eigenvalue weighted by atomic mass is 9.84. The van der Waals surface area contributed by atoms with Gasteiger partial charge in [0, 0.05) is 47.4 Å². The summed E-state index contributed by atoms with van der Waals surface area (Å²) in [5, 5.41) is 7.06. The Hall–Kier alpha value is -2.10. The average molecular weight is 694 g/mol. The molecular formula is C25H31BrClF5N4O4S. The Labute approximate surface area is 251 Å². The van der Waals surface area contributed by atoms with Gasteiger partial charge in [0.15, 0.2) is 5.69 Å². The van der Waals surface area contributed by atoms with Crippen LogP contribution in [0.3, 0.4) is 0 Å². The SMILES string of the molecule is CCn1nc(C(=O)NC[C@H]2CC[C@H](C)CN2Br)c(Cl)c1-c1ccc(CC(C)(C)C(F)(F)F)cc1OC(F)F.O=S=O. The molecule has 0 spiro atoms. The summed E-state index contributed by atoms with van der Waals surface area (Å²) in [4.78, 5) is 13.0. The molecule has 1 fully saturated rings. The zero-order chi connectivity index (χ0) is 31.1. The molecule has 2 aromatic rings. The maximum atomic E-state index is 13.4. The van der Waals surface area contributed by atoms with Crippen LogP contribution in [0.5, 0.6) is 5.75 Å². The van der Waals surface area contributed by atoms with Crippen LogP contribution < -0.4 is 10.1 Å². The van der Waals surface area contributed by atoms with E-state index in [1.807, 2.05) is 3.93 Å². The lowest BCUT2D eigenvalue weighted by Gasteiger charge is -2.34. The number of ether oxygens (including phenoxy) is 1. The molecule has 3 rings (SSSR count). The van der Waals surface area contributed by atoms with Crippen LogP contribution in [0.25, 0.3) is 11.3 Å². The minimum atomic E-state index is -4.50. The van der Waals surface area contributed by atoms with Crippen molar-refractivity contribution in [2.24, 2.45) is 11.3 Å². The first-order valence-corrected chi connectivity index (χ1v) is 14.3. The van der Waals surface area contributed by atoms with E-state index in [1.165, 1.54) is 16.8 Å². The molecule has 0 saturated carbocycles. The molecule has 16 heteroatoms. The van der Waals surface area contributed by atoms with Gasteiger partial charge in [-0.1, -0.05) is 38.4 Å². The second-order valence-corrected chi connectivity index (χ2v) is 11.7. The summed E-state index contributed by atoms with van der Waals surface area (Å²) in [6.45, 7) is 4.16. The van der Waals surface area contributed by atoms with Crippen LogP contribution in [0, 0.1) is 11.3 Å². The summed E-state index contributed by atoms with van der Waals surface area (Å²) < 4.78 is 91.4. The van der Waals surface area contributed by atoms with Crippen LogP contribution >= 0.6 is 27.7 Å². The van der Waals surface area contributed by atoms with Crippen molar-refractivity contribution in [3.05, 3.63) is 34.5 Å². The normalized spacial score (nSPS) is 18.0. The van der Waals surface area contributed by atoms with E-state index in [9.17, 15) is 26.7 Å². The number of amides is 1. The molecule has 1 aromatic heterocycles. The number of nitrogens with zero attached hydrogens (tertiary/aromatic N) is 3. The van der Waals surface area contributed by atoms with Gasteiger partial charge in [0.1, 0.15) is 5.75 Å². The number of rotatable bonds is 9. The maximum absolute atomic E-state index is 13.4. The predicted octanol–water partition coefficient (Wildman–Crippen LogP) is 6.43. The lowest BCUT2D eigenvalue weighted by molar-refractivity contribution is -0.211. The van der Waals surface area contributed by atoms with Crippen molar-refractivity contribution in [1.82, 2.24) is 19.0 Å². The first kappa shape index (κ1) is 35.1. The molecule has 1 aromatic carbocycles. The van der Waals surface area contributed by atoms with Gasteiger partial charge in [-0.2, -0.15) is 35.5 Å². The second kappa shape index (κ2) is 14.9. The summed E-state index contributed by atoms with van der Waals surface area (Å²) in [6.07, 6.45) is -3.03. The first-order valence-electron chi connectivity index (χ1n) is 12.6. The smallest absolute Gasteiger partial charge is 0.394 e. The van der Waals surface area contributed by atoms with Crippen molar-refractivity contribution >= 4 is 45.2 Å². The van der Waals surface area contributed by atoms with Gasteiger partial charge in [-0.15, -0.1) is 0 Å². The van der Waals surface area contributed by atoms with E-state index >= 15 is 0 Å². The second-order valence-electron chi connectivity index (χ2n) is 10.3. The number of aryl methyl sites for hydroxylation is 1. The van der Waals surface area contributed by atoms with Crippen LogP contribution in [-0.2, 0) is 24.5 Å². The highest BCUT2D eigenvalue weighted by atomic mass is 79.9. The summed E-state index contributed by atoms with van der Waals surface area (Å²) >= 11 is 9.35. The molecule has 2 atom stereocenters. The van der Waals surface area contributed by atoms with Crippen molar-refractivity contribution in [2.75, 3.05) is 13.1 Å². The third-order valence-corrected chi connectivity index (χ3v) is 7.94. The Morgan fingerprint density at radius 2 is 1.90 bits per heavy atom.